The average Bonchev–Trinajstić information content (AvgIpc) is 2.83. The predicted molar refractivity (Wildman–Crippen MR) is 143 cm³/mol. The number of nitrogens with zero attached hydrogens (tertiary/aromatic N) is 2. The minimum Gasteiger partial charge on any atom is -0.497 e. The Bertz CT molecular complexity index is 1190. The number of rotatable bonds is 11. The maximum atomic E-state index is 13.7. The minimum atomic E-state index is -3.91. The molecule has 37 heavy (non-hydrogen) atoms. The van der Waals surface area contributed by atoms with Crippen LogP contribution in [0.5, 0.6) is 17.2 Å². The molecule has 0 spiro atoms. The van der Waals surface area contributed by atoms with Crippen LogP contribution in [0.2, 0.25) is 0 Å². The molecule has 2 aromatic rings. The van der Waals surface area contributed by atoms with Crippen molar-refractivity contribution in [2.24, 2.45) is 0 Å². The molecular weight excluding hydrogens is 498 g/mol. The van der Waals surface area contributed by atoms with Crippen LogP contribution in [0.15, 0.2) is 42.5 Å². The maximum Gasteiger partial charge on any atom is 0.244 e. The first kappa shape index (κ1) is 29.8. The van der Waals surface area contributed by atoms with E-state index in [-0.39, 0.29) is 23.9 Å². The first-order valence-electron chi connectivity index (χ1n) is 11.6. The summed E-state index contributed by atoms with van der Waals surface area (Å²) in [5.41, 5.74) is 0.405. The molecule has 0 unspecified atom stereocenters. The van der Waals surface area contributed by atoms with Crippen LogP contribution < -0.4 is 23.8 Å². The highest BCUT2D eigenvalue weighted by Gasteiger charge is 2.32. The van der Waals surface area contributed by atoms with Crippen molar-refractivity contribution in [3.8, 4) is 17.2 Å². The number of ether oxygens (including phenoxy) is 3. The number of hydrogen-bond acceptors (Lipinski definition) is 7. The van der Waals surface area contributed by atoms with Gasteiger partial charge in [-0.15, -0.1) is 0 Å². The van der Waals surface area contributed by atoms with Gasteiger partial charge in [-0.1, -0.05) is 12.1 Å². The minimum absolute atomic E-state index is 0.0822. The summed E-state index contributed by atoms with van der Waals surface area (Å²) in [6, 6.07) is 10.8. The standard InChI is InChI=1S/C26H37N3O7S/c1-18(25(31)27-26(2,3)4)28(16-19-9-11-20(34-5)12-10-19)24(30)17-29(37(8,32)33)22-14-13-21(35-6)15-23(22)36-7/h9-15,18H,16-17H2,1-8H3,(H,27,31)/t18-/m0/s1. The van der Waals surface area contributed by atoms with Crippen molar-refractivity contribution in [2.75, 3.05) is 38.4 Å². The number of methoxy groups -OCH3 is 3. The fourth-order valence-electron chi connectivity index (χ4n) is 3.57. The van der Waals surface area contributed by atoms with E-state index in [9.17, 15) is 18.0 Å². The molecule has 0 bridgehead atoms. The molecule has 0 saturated heterocycles. The first-order chi connectivity index (χ1) is 17.2. The topological polar surface area (TPSA) is 114 Å². The van der Waals surface area contributed by atoms with Crippen LogP contribution in [-0.4, -0.2) is 70.8 Å². The fourth-order valence-corrected chi connectivity index (χ4v) is 4.42. The van der Waals surface area contributed by atoms with Gasteiger partial charge in [0.1, 0.15) is 29.8 Å². The molecule has 204 valence electrons. The number of nitrogens with one attached hydrogen (secondary N) is 1. The van der Waals surface area contributed by atoms with Crippen molar-refractivity contribution in [3.05, 3.63) is 48.0 Å². The van der Waals surface area contributed by atoms with Crippen LogP contribution in [0.3, 0.4) is 0 Å². The fraction of sp³-hybridized carbons (Fsp3) is 0.462. The van der Waals surface area contributed by atoms with Crippen LogP contribution in [0, 0.1) is 0 Å². The van der Waals surface area contributed by atoms with Gasteiger partial charge in [-0.3, -0.25) is 13.9 Å². The number of carbonyl (C=O) groups excluding carboxylic acids is 2. The number of amides is 2. The monoisotopic (exact) mass is 535 g/mol. The molecule has 2 aromatic carbocycles. The van der Waals surface area contributed by atoms with E-state index in [1.54, 1.807) is 44.4 Å². The molecule has 0 aliphatic carbocycles. The number of sulfonamides is 1. The van der Waals surface area contributed by atoms with Crippen molar-refractivity contribution in [1.29, 1.82) is 0 Å². The van der Waals surface area contributed by atoms with Gasteiger partial charge in [0, 0.05) is 18.2 Å². The lowest BCUT2D eigenvalue weighted by molar-refractivity contribution is -0.140. The van der Waals surface area contributed by atoms with Crippen molar-refractivity contribution in [3.63, 3.8) is 0 Å². The number of benzene rings is 2. The normalized spacial score (nSPS) is 12.3. The summed E-state index contributed by atoms with van der Waals surface area (Å²) in [7, 11) is 0.523. The molecule has 0 aromatic heterocycles. The zero-order valence-corrected chi connectivity index (χ0v) is 23.5. The smallest absolute Gasteiger partial charge is 0.244 e. The Hall–Kier alpha value is -3.47. The van der Waals surface area contributed by atoms with Gasteiger partial charge in [-0.2, -0.15) is 0 Å². The highest BCUT2D eigenvalue weighted by Crippen LogP contribution is 2.33. The Morgan fingerprint density at radius 3 is 2.00 bits per heavy atom. The lowest BCUT2D eigenvalue weighted by Gasteiger charge is -2.33. The van der Waals surface area contributed by atoms with Gasteiger partial charge in [0.05, 0.1) is 33.3 Å². The number of hydrogen-bond donors (Lipinski definition) is 1. The van der Waals surface area contributed by atoms with E-state index in [2.05, 4.69) is 5.32 Å². The van der Waals surface area contributed by atoms with E-state index < -0.39 is 34.1 Å². The predicted octanol–water partition coefficient (Wildman–Crippen LogP) is 2.81. The summed E-state index contributed by atoms with van der Waals surface area (Å²) in [6.45, 7) is 6.68. The van der Waals surface area contributed by atoms with Crippen molar-refractivity contribution < 1.29 is 32.2 Å². The van der Waals surface area contributed by atoms with Gasteiger partial charge in [0.15, 0.2) is 0 Å². The number of carbonyl (C=O) groups is 2. The molecule has 10 nitrogen and oxygen atoms in total. The Morgan fingerprint density at radius 2 is 1.51 bits per heavy atom. The molecular formula is C26H37N3O7S. The second-order valence-corrected chi connectivity index (χ2v) is 11.5. The van der Waals surface area contributed by atoms with Gasteiger partial charge in [-0.25, -0.2) is 8.42 Å². The summed E-state index contributed by atoms with van der Waals surface area (Å²) < 4.78 is 42.4. The lowest BCUT2D eigenvalue weighted by atomic mass is 10.1. The van der Waals surface area contributed by atoms with Gasteiger partial charge in [0.2, 0.25) is 21.8 Å². The second-order valence-electron chi connectivity index (χ2n) is 9.59. The maximum absolute atomic E-state index is 13.7. The number of anilines is 1. The van der Waals surface area contributed by atoms with Gasteiger partial charge < -0.3 is 24.4 Å². The quantitative estimate of drug-likeness (QED) is 0.471. The van der Waals surface area contributed by atoms with E-state index in [1.165, 1.54) is 31.3 Å². The molecule has 1 N–H and O–H groups in total. The molecule has 0 fully saturated rings. The Labute approximate surface area is 219 Å². The van der Waals surface area contributed by atoms with Crippen LogP contribution in [0.25, 0.3) is 0 Å². The average molecular weight is 536 g/mol. The lowest BCUT2D eigenvalue weighted by Crippen LogP contribution is -2.54. The summed E-state index contributed by atoms with van der Waals surface area (Å²) in [5.74, 6) is 0.416. The molecule has 1 atom stereocenters. The summed E-state index contributed by atoms with van der Waals surface area (Å²) in [4.78, 5) is 28.1. The van der Waals surface area contributed by atoms with E-state index in [0.29, 0.717) is 11.5 Å². The van der Waals surface area contributed by atoms with Crippen LogP contribution in [0.1, 0.15) is 33.3 Å². The second kappa shape index (κ2) is 12.2. The Balaban J connectivity index is 2.47. The Kier molecular flexibility index (Phi) is 9.80. The molecule has 0 radical (unpaired) electrons. The van der Waals surface area contributed by atoms with Gasteiger partial charge >= 0.3 is 0 Å². The summed E-state index contributed by atoms with van der Waals surface area (Å²) >= 11 is 0. The third-order valence-electron chi connectivity index (χ3n) is 5.51. The highest BCUT2D eigenvalue weighted by atomic mass is 32.2. The third-order valence-corrected chi connectivity index (χ3v) is 6.64. The molecule has 0 saturated carbocycles. The first-order valence-corrected chi connectivity index (χ1v) is 13.5. The van der Waals surface area contributed by atoms with E-state index >= 15 is 0 Å². The molecule has 2 amide bonds. The van der Waals surface area contributed by atoms with Crippen LogP contribution in [-0.2, 0) is 26.2 Å². The SMILES string of the molecule is COc1ccc(CN(C(=O)CN(c2ccc(OC)cc2OC)S(C)(=O)=O)[C@@H](C)C(=O)NC(C)(C)C)cc1. The van der Waals surface area contributed by atoms with Crippen molar-refractivity contribution in [2.45, 2.75) is 45.8 Å². The molecule has 0 heterocycles. The van der Waals surface area contributed by atoms with Gasteiger partial charge in [0.25, 0.3) is 0 Å². The molecule has 2 rings (SSSR count). The van der Waals surface area contributed by atoms with Crippen LogP contribution >= 0.6 is 0 Å². The molecule has 0 aliphatic heterocycles. The van der Waals surface area contributed by atoms with E-state index in [1.807, 2.05) is 20.8 Å². The summed E-state index contributed by atoms with van der Waals surface area (Å²) in [6.07, 6.45) is 1.01. The highest BCUT2D eigenvalue weighted by molar-refractivity contribution is 7.92. The molecule has 11 heteroatoms. The van der Waals surface area contributed by atoms with E-state index in [0.717, 1.165) is 16.1 Å². The molecule has 0 aliphatic rings. The van der Waals surface area contributed by atoms with Crippen molar-refractivity contribution >= 4 is 27.5 Å². The zero-order chi connectivity index (χ0) is 28.0. The third kappa shape index (κ3) is 8.28. The largest absolute Gasteiger partial charge is 0.497 e. The van der Waals surface area contributed by atoms with Gasteiger partial charge in [-0.05, 0) is 57.5 Å². The summed E-state index contributed by atoms with van der Waals surface area (Å²) in [5, 5.41) is 2.89. The van der Waals surface area contributed by atoms with Crippen molar-refractivity contribution in [1.82, 2.24) is 10.2 Å². The Morgan fingerprint density at radius 1 is 0.946 bits per heavy atom. The van der Waals surface area contributed by atoms with E-state index in [4.69, 9.17) is 14.2 Å². The zero-order valence-electron chi connectivity index (χ0n) is 22.7. The van der Waals surface area contributed by atoms with Crippen LogP contribution in [0.4, 0.5) is 5.69 Å².